The summed E-state index contributed by atoms with van der Waals surface area (Å²) in [5.74, 6) is 1.13. The molecule has 1 atom stereocenters. The van der Waals surface area contributed by atoms with Crippen LogP contribution in [0, 0.1) is 6.92 Å². The second kappa shape index (κ2) is 5.77. The topological polar surface area (TPSA) is 33.1 Å². The minimum absolute atomic E-state index is 0.248. The van der Waals surface area contributed by atoms with Gasteiger partial charge in [-0.05, 0) is 18.1 Å². The Morgan fingerprint density at radius 3 is 2.60 bits per heavy atom. The van der Waals surface area contributed by atoms with Crippen molar-refractivity contribution in [3.05, 3.63) is 53.6 Å². The second-order valence-corrected chi connectivity index (χ2v) is 5.44. The highest BCUT2D eigenvalue weighted by molar-refractivity contribution is 5.33. The van der Waals surface area contributed by atoms with Crippen molar-refractivity contribution < 1.29 is 0 Å². The molecule has 106 valence electrons. The summed E-state index contributed by atoms with van der Waals surface area (Å²) in [6.07, 6.45) is 3.92. The van der Waals surface area contributed by atoms with Gasteiger partial charge in [-0.3, -0.25) is 4.90 Å². The molecule has 0 aliphatic carbocycles. The Morgan fingerprint density at radius 2 is 1.95 bits per heavy atom. The maximum absolute atomic E-state index is 4.61. The van der Waals surface area contributed by atoms with E-state index in [1.54, 1.807) is 0 Å². The highest BCUT2D eigenvalue weighted by Gasteiger charge is 2.27. The molecular formula is C16H22N4. The second-order valence-electron chi connectivity index (χ2n) is 5.44. The number of benzene rings is 1. The Kier molecular flexibility index (Phi) is 3.85. The molecule has 1 saturated heterocycles. The van der Waals surface area contributed by atoms with Crippen LogP contribution in [0.5, 0.6) is 0 Å². The van der Waals surface area contributed by atoms with Crippen LogP contribution in [0.25, 0.3) is 0 Å². The molecule has 0 spiro atoms. The van der Waals surface area contributed by atoms with Crippen LogP contribution in [0.4, 0.5) is 0 Å². The van der Waals surface area contributed by atoms with E-state index >= 15 is 0 Å². The van der Waals surface area contributed by atoms with Crippen LogP contribution in [0.3, 0.4) is 0 Å². The molecule has 1 aliphatic heterocycles. The van der Waals surface area contributed by atoms with Gasteiger partial charge in [0, 0.05) is 45.6 Å². The zero-order chi connectivity index (χ0) is 13.9. The Bertz CT molecular complexity index is 569. The van der Waals surface area contributed by atoms with Gasteiger partial charge in [-0.2, -0.15) is 0 Å². The highest BCUT2D eigenvalue weighted by Crippen LogP contribution is 2.29. The van der Waals surface area contributed by atoms with Crippen LogP contribution < -0.4 is 5.32 Å². The number of hydrogen-bond donors (Lipinski definition) is 1. The maximum Gasteiger partial charge on any atom is 0.130 e. The standard InChI is InChI=1S/C16H22N4/c1-13-5-3-4-6-14(13)15(16-18-9-10-19(16)2)20-11-7-17-8-12-20/h3-6,9-10,15,17H,7-8,11-12H2,1-2H3. The summed E-state index contributed by atoms with van der Waals surface area (Å²) in [4.78, 5) is 7.14. The molecular weight excluding hydrogens is 248 g/mol. The number of aryl methyl sites for hydroxylation is 2. The van der Waals surface area contributed by atoms with Gasteiger partial charge in [0.05, 0.1) is 6.04 Å². The summed E-state index contributed by atoms with van der Waals surface area (Å²) >= 11 is 0. The van der Waals surface area contributed by atoms with Crippen LogP contribution in [0.2, 0.25) is 0 Å². The van der Waals surface area contributed by atoms with Crippen LogP contribution in [-0.4, -0.2) is 40.6 Å². The average molecular weight is 270 g/mol. The van der Waals surface area contributed by atoms with Crippen molar-refractivity contribution in [3.63, 3.8) is 0 Å². The van der Waals surface area contributed by atoms with E-state index in [9.17, 15) is 0 Å². The number of piperazine rings is 1. The molecule has 0 radical (unpaired) electrons. The fourth-order valence-electron chi connectivity index (χ4n) is 2.97. The van der Waals surface area contributed by atoms with Gasteiger partial charge in [0.1, 0.15) is 5.82 Å². The van der Waals surface area contributed by atoms with Gasteiger partial charge in [-0.15, -0.1) is 0 Å². The predicted molar refractivity (Wildman–Crippen MR) is 80.7 cm³/mol. The van der Waals surface area contributed by atoms with E-state index in [1.807, 2.05) is 12.4 Å². The third-order valence-corrected chi connectivity index (χ3v) is 4.10. The fraction of sp³-hybridized carbons (Fsp3) is 0.438. The molecule has 1 aliphatic rings. The zero-order valence-electron chi connectivity index (χ0n) is 12.2. The Morgan fingerprint density at radius 1 is 1.20 bits per heavy atom. The van der Waals surface area contributed by atoms with Crippen LogP contribution in [0.1, 0.15) is 23.0 Å². The molecule has 2 aromatic rings. The quantitative estimate of drug-likeness (QED) is 0.922. The van der Waals surface area contributed by atoms with Crippen molar-refractivity contribution >= 4 is 0 Å². The molecule has 1 N–H and O–H groups in total. The number of nitrogens with one attached hydrogen (secondary N) is 1. The molecule has 4 heteroatoms. The van der Waals surface area contributed by atoms with E-state index in [4.69, 9.17) is 0 Å². The van der Waals surface area contributed by atoms with Gasteiger partial charge in [0.2, 0.25) is 0 Å². The molecule has 1 unspecified atom stereocenters. The first kappa shape index (κ1) is 13.3. The van der Waals surface area contributed by atoms with E-state index < -0.39 is 0 Å². The molecule has 2 heterocycles. The zero-order valence-corrected chi connectivity index (χ0v) is 12.2. The normalized spacial score (nSPS) is 18.1. The van der Waals surface area contributed by atoms with Crippen LogP contribution in [-0.2, 0) is 7.05 Å². The lowest BCUT2D eigenvalue weighted by Gasteiger charge is -2.35. The lowest BCUT2D eigenvalue weighted by molar-refractivity contribution is 0.189. The van der Waals surface area contributed by atoms with Crippen molar-refractivity contribution in [1.29, 1.82) is 0 Å². The summed E-state index contributed by atoms with van der Waals surface area (Å²) in [6, 6.07) is 8.90. The van der Waals surface area contributed by atoms with Gasteiger partial charge in [-0.1, -0.05) is 24.3 Å². The summed E-state index contributed by atoms with van der Waals surface area (Å²) in [5.41, 5.74) is 2.70. The Labute approximate surface area is 120 Å². The van der Waals surface area contributed by atoms with Gasteiger partial charge >= 0.3 is 0 Å². The van der Waals surface area contributed by atoms with Gasteiger partial charge in [0.15, 0.2) is 0 Å². The van der Waals surface area contributed by atoms with Gasteiger partial charge in [0.25, 0.3) is 0 Å². The van der Waals surface area contributed by atoms with Crippen molar-refractivity contribution in [2.45, 2.75) is 13.0 Å². The minimum Gasteiger partial charge on any atom is -0.336 e. The lowest BCUT2D eigenvalue weighted by Crippen LogP contribution is -2.46. The van der Waals surface area contributed by atoms with E-state index in [0.717, 1.165) is 32.0 Å². The largest absolute Gasteiger partial charge is 0.336 e. The van der Waals surface area contributed by atoms with E-state index in [2.05, 4.69) is 58.0 Å². The van der Waals surface area contributed by atoms with E-state index in [0.29, 0.717) is 0 Å². The lowest BCUT2D eigenvalue weighted by atomic mass is 9.98. The number of nitrogens with zero attached hydrogens (tertiary/aromatic N) is 3. The summed E-state index contributed by atoms with van der Waals surface area (Å²) in [7, 11) is 2.08. The summed E-state index contributed by atoms with van der Waals surface area (Å²) < 4.78 is 2.14. The fourth-order valence-corrected chi connectivity index (χ4v) is 2.97. The SMILES string of the molecule is Cc1ccccc1C(c1nccn1C)N1CCNCC1. The molecule has 20 heavy (non-hydrogen) atoms. The molecule has 4 nitrogen and oxygen atoms in total. The first-order valence-electron chi connectivity index (χ1n) is 7.25. The van der Waals surface area contributed by atoms with Crippen LogP contribution >= 0.6 is 0 Å². The molecule has 0 amide bonds. The van der Waals surface area contributed by atoms with Crippen LogP contribution in [0.15, 0.2) is 36.7 Å². The van der Waals surface area contributed by atoms with Gasteiger partial charge < -0.3 is 9.88 Å². The Hall–Kier alpha value is -1.65. The smallest absolute Gasteiger partial charge is 0.130 e. The van der Waals surface area contributed by atoms with Crippen molar-refractivity contribution in [2.75, 3.05) is 26.2 Å². The van der Waals surface area contributed by atoms with Crippen molar-refractivity contribution in [3.8, 4) is 0 Å². The summed E-state index contributed by atoms with van der Waals surface area (Å²) in [6.45, 7) is 6.41. The number of imidazole rings is 1. The first-order chi connectivity index (χ1) is 9.77. The minimum atomic E-state index is 0.248. The number of rotatable bonds is 3. The molecule has 1 aromatic heterocycles. The number of aromatic nitrogens is 2. The maximum atomic E-state index is 4.61. The molecule has 0 bridgehead atoms. The van der Waals surface area contributed by atoms with E-state index in [-0.39, 0.29) is 6.04 Å². The van der Waals surface area contributed by atoms with E-state index in [1.165, 1.54) is 11.1 Å². The molecule has 1 fully saturated rings. The number of hydrogen-bond acceptors (Lipinski definition) is 3. The highest BCUT2D eigenvalue weighted by atomic mass is 15.2. The molecule has 3 rings (SSSR count). The molecule has 1 aromatic carbocycles. The summed E-state index contributed by atoms with van der Waals surface area (Å²) in [5, 5.41) is 3.43. The van der Waals surface area contributed by atoms with Crippen molar-refractivity contribution in [1.82, 2.24) is 19.8 Å². The third-order valence-electron chi connectivity index (χ3n) is 4.10. The Balaban J connectivity index is 2.03. The monoisotopic (exact) mass is 270 g/mol. The average Bonchev–Trinajstić information content (AvgIpc) is 2.89. The third kappa shape index (κ3) is 2.49. The predicted octanol–water partition coefficient (Wildman–Crippen LogP) is 1.72. The van der Waals surface area contributed by atoms with Gasteiger partial charge in [-0.25, -0.2) is 4.98 Å². The molecule has 0 saturated carbocycles. The van der Waals surface area contributed by atoms with Crippen molar-refractivity contribution in [2.24, 2.45) is 7.05 Å². The first-order valence-corrected chi connectivity index (χ1v) is 7.25.